The molecule has 16 heavy (non-hydrogen) atoms. The Morgan fingerprint density at radius 1 is 1.31 bits per heavy atom. The van der Waals surface area contributed by atoms with Crippen LogP contribution in [-0.4, -0.2) is 38.9 Å². The molecule has 0 aromatic carbocycles. The molecule has 1 saturated heterocycles. The first-order chi connectivity index (χ1) is 7.20. The van der Waals surface area contributed by atoms with Gasteiger partial charge in [-0.1, -0.05) is 34.6 Å². The molecule has 0 aromatic heterocycles. The molecule has 6 heteroatoms. The first-order valence-corrected chi connectivity index (χ1v) is 5.73. The predicted octanol–water partition coefficient (Wildman–Crippen LogP) is 1.17. The Kier molecular flexibility index (Phi) is 4.46. The zero-order chi connectivity index (χ0) is 12.4. The van der Waals surface area contributed by atoms with E-state index < -0.39 is 14.0 Å². The van der Waals surface area contributed by atoms with E-state index in [2.05, 4.69) is 13.8 Å². The van der Waals surface area contributed by atoms with Gasteiger partial charge in [0.25, 0.3) is 0 Å². The van der Waals surface area contributed by atoms with E-state index in [0.29, 0.717) is 19.8 Å². The molecule has 0 bridgehead atoms. The van der Waals surface area contributed by atoms with Crippen molar-refractivity contribution in [1.29, 1.82) is 0 Å². The molecule has 0 aromatic rings. The minimum atomic E-state index is -1.00. The Bertz CT molecular complexity index is 217. The fraction of sp³-hybridized carbons (Fsp3) is 1.00. The quantitative estimate of drug-likeness (QED) is 0.736. The lowest BCUT2D eigenvalue weighted by Gasteiger charge is -2.33. The minimum Gasteiger partial charge on any atom is -0.429 e. The van der Waals surface area contributed by atoms with Crippen molar-refractivity contribution in [3.05, 3.63) is 0 Å². The van der Waals surface area contributed by atoms with E-state index in [4.69, 9.17) is 14.0 Å². The molecule has 1 aliphatic rings. The fourth-order valence-corrected chi connectivity index (χ4v) is 1.28. The van der Waals surface area contributed by atoms with Gasteiger partial charge in [0.1, 0.15) is 0 Å². The molecular weight excluding hydrogens is 206 g/mol. The topological polar surface area (TPSA) is 47.9 Å². The van der Waals surface area contributed by atoms with Gasteiger partial charge in [-0.05, 0) is 5.41 Å². The van der Waals surface area contributed by atoms with Crippen LogP contribution in [0.25, 0.3) is 0 Å². The van der Waals surface area contributed by atoms with Crippen molar-refractivity contribution in [1.82, 2.24) is 0 Å². The van der Waals surface area contributed by atoms with Crippen LogP contribution in [0.3, 0.4) is 0 Å². The third-order valence-electron chi connectivity index (χ3n) is 2.20. The van der Waals surface area contributed by atoms with Crippen LogP contribution >= 0.6 is 0 Å². The van der Waals surface area contributed by atoms with Crippen LogP contribution in [-0.2, 0) is 14.0 Å². The minimum absolute atomic E-state index is 0.0141. The normalized spacial score (nSPS) is 21.0. The summed E-state index contributed by atoms with van der Waals surface area (Å²) in [6.45, 7) is 11.9. The first kappa shape index (κ1) is 14.0. The molecular formula is C10H22B2O4. The lowest BCUT2D eigenvalue weighted by molar-refractivity contribution is 0.0305. The van der Waals surface area contributed by atoms with Crippen LogP contribution in [0.15, 0.2) is 0 Å². The SMILES string of the molecule is CC(C)(C)COB(O)B1OCC(C)(C)CO1. The highest BCUT2D eigenvalue weighted by Crippen LogP contribution is 2.22. The van der Waals surface area contributed by atoms with Crippen LogP contribution in [0.2, 0.25) is 0 Å². The summed E-state index contributed by atoms with van der Waals surface area (Å²) in [7, 11) is -1.66. The second-order valence-corrected chi connectivity index (χ2v) is 6.42. The van der Waals surface area contributed by atoms with Crippen LogP contribution in [0, 0.1) is 10.8 Å². The Morgan fingerprint density at radius 3 is 2.25 bits per heavy atom. The van der Waals surface area contributed by atoms with Gasteiger partial charge in [-0.15, -0.1) is 0 Å². The van der Waals surface area contributed by atoms with Crippen molar-refractivity contribution < 1.29 is 19.0 Å². The molecule has 0 aliphatic carbocycles. The Hall–Kier alpha value is -0.0301. The second-order valence-electron chi connectivity index (χ2n) is 6.42. The third-order valence-corrected chi connectivity index (χ3v) is 2.20. The lowest BCUT2D eigenvalue weighted by atomic mass is 9.48. The fourth-order valence-electron chi connectivity index (χ4n) is 1.28. The maximum Gasteiger partial charge on any atom is 0.487 e. The van der Waals surface area contributed by atoms with E-state index >= 15 is 0 Å². The predicted molar refractivity (Wildman–Crippen MR) is 64.8 cm³/mol. The van der Waals surface area contributed by atoms with Crippen molar-refractivity contribution in [2.75, 3.05) is 19.8 Å². The monoisotopic (exact) mass is 228 g/mol. The molecule has 0 radical (unpaired) electrons. The molecule has 1 N–H and O–H groups in total. The Labute approximate surface area is 98.9 Å². The first-order valence-electron chi connectivity index (χ1n) is 5.73. The molecule has 1 heterocycles. The molecule has 92 valence electrons. The van der Waals surface area contributed by atoms with E-state index in [1.165, 1.54) is 0 Å². The summed E-state index contributed by atoms with van der Waals surface area (Å²) in [5, 5.41) is 9.74. The number of rotatable bonds is 3. The van der Waals surface area contributed by atoms with Gasteiger partial charge in [0.15, 0.2) is 0 Å². The van der Waals surface area contributed by atoms with Crippen molar-refractivity contribution in [3.63, 3.8) is 0 Å². The zero-order valence-electron chi connectivity index (χ0n) is 10.9. The standard InChI is InChI=1S/C10H22B2O4/c1-9(2,3)6-14-11(13)12-15-7-10(4,5)8-16-12/h13H,6-8H2,1-5H3. The van der Waals surface area contributed by atoms with E-state index in [9.17, 15) is 5.02 Å². The molecule has 1 fully saturated rings. The molecule has 0 amide bonds. The van der Waals surface area contributed by atoms with E-state index in [-0.39, 0.29) is 10.8 Å². The number of hydrogen-bond donors (Lipinski definition) is 1. The van der Waals surface area contributed by atoms with E-state index in [0.717, 1.165) is 0 Å². The summed E-state index contributed by atoms with van der Waals surface area (Å²) >= 11 is 0. The third kappa shape index (κ3) is 4.87. The molecule has 4 nitrogen and oxygen atoms in total. The Balaban J connectivity index is 2.31. The zero-order valence-corrected chi connectivity index (χ0v) is 10.9. The lowest BCUT2D eigenvalue weighted by Crippen LogP contribution is -2.51. The summed E-state index contributed by atoms with van der Waals surface area (Å²) in [4.78, 5) is 0. The van der Waals surface area contributed by atoms with Crippen molar-refractivity contribution >= 4 is 14.0 Å². The molecule has 0 spiro atoms. The van der Waals surface area contributed by atoms with Crippen molar-refractivity contribution in [2.24, 2.45) is 10.8 Å². The highest BCUT2D eigenvalue weighted by atomic mass is 16.6. The molecule has 1 rings (SSSR count). The summed E-state index contributed by atoms with van der Waals surface area (Å²) in [6, 6.07) is 0. The van der Waals surface area contributed by atoms with Crippen LogP contribution in [0.5, 0.6) is 0 Å². The smallest absolute Gasteiger partial charge is 0.429 e. The van der Waals surface area contributed by atoms with Crippen molar-refractivity contribution in [2.45, 2.75) is 34.6 Å². The summed E-state index contributed by atoms with van der Waals surface area (Å²) < 4.78 is 16.2. The highest BCUT2D eigenvalue weighted by molar-refractivity contribution is 7.10. The van der Waals surface area contributed by atoms with Crippen LogP contribution in [0.4, 0.5) is 0 Å². The van der Waals surface area contributed by atoms with Crippen molar-refractivity contribution in [3.8, 4) is 0 Å². The van der Waals surface area contributed by atoms with Gasteiger partial charge in [0, 0.05) is 25.2 Å². The van der Waals surface area contributed by atoms with Gasteiger partial charge in [-0.2, -0.15) is 0 Å². The van der Waals surface area contributed by atoms with Gasteiger partial charge < -0.3 is 19.0 Å². The highest BCUT2D eigenvalue weighted by Gasteiger charge is 2.42. The van der Waals surface area contributed by atoms with Gasteiger partial charge in [-0.3, -0.25) is 0 Å². The second kappa shape index (κ2) is 5.08. The maximum absolute atomic E-state index is 9.74. The summed E-state index contributed by atoms with van der Waals surface area (Å²) in [5.41, 5.74) is 0.0369. The van der Waals surface area contributed by atoms with Crippen LogP contribution in [0.1, 0.15) is 34.6 Å². The summed E-state index contributed by atoms with van der Waals surface area (Å²) in [5.74, 6) is 0. The largest absolute Gasteiger partial charge is 0.487 e. The van der Waals surface area contributed by atoms with E-state index in [1.807, 2.05) is 20.8 Å². The average molecular weight is 228 g/mol. The summed E-state index contributed by atoms with van der Waals surface area (Å²) in [6.07, 6.45) is 0. The maximum atomic E-state index is 9.74. The van der Waals surface area contributed by atoms with E-state index in [1.54, 1.807) is 0 Å². The van der Waals surface area contributed by atoms with Gasteiger partial charge in [0.2, 0.25) is 0 Å². The van der Waals surface area contributed by atoms with Gasteiger partial charge in [0.05, 0.1) is 0 Å². The molecule has 0 unspecified atom stereocenters. The van der Waals surface area contributed by atoms with Crippen LogP contribution < -0.4 is 0 Å². The Morgan fingerprint density at radius 2 is 1.81 bits per heavy atom. The molecule has 1 aliphatic heterocycles. The number of hydrogen-bond acceptors (Lipinski definition) is 4. The van der Waals surface area contributed by atoms with Gasteiger partial charge >= 0.3 is 14.0 Å². The molecule has 0 saturated carbocycles. The van der Waals surface area contributed by atoms with Gasteiger partial charge in [-0.25, -0.2) is 0 Å². The molecule has 0 atom stereocenters. The average Bonchev–Trinajstić information content (AvgIpc) is 2.13.